The van der Waals surface area contributed by atoms with Crippen LogP contribution in [0.15, 0.2) is 24.3 Å². The van der Waals surface area contributed by atoms with Crippen molar-refractivity contribution in [2.45, 2.75) is 162 Å². The third kappa shape index (κ3) is 17.7. The Balaban J connectivity index is 1.93. The molecule has 1 atom stereocenters. The Kier molecular flexibility index (Phi) is 20.1. The number of aryl methyl sites for hydroxylation is 2. The van der Waals surface area contributed by atoms with E-state index >= 15 is 0 Å². The highest BCUT2D eigenvalue weighted by molar-refractivity contribution is 5.22. The standard InChI is InChI=1S/C32H58/c1-4-6-8-10-11-12-13-14-15-16-17-18-19-21-23-31-26-28-32(29-27-31)25-24-30(3)22-20-9-7-5-2/h26-30H,4-25H2,1-3H3. The van der Waals surface area contributed by atoms with Crippen molar-refractivity contribution >= 4 is 0 Å². The van der Waals surface area contributed by atoms with Crippen LogP contribution in [0.3, 0.4) is 0 Å². The van der Waals surface area contributed by atoms with Gasteiger partial charge in [-0.15, -0.1) is 0 Å². The molecule has 0 spiro atoms. The van der Waals surface area contributed by atoms with Crippen LogP contribution in [0.5, 0.6) is 0 Å². The molecule has 1 aromatic rings. The molecule has 1 rings (SSSR count). The van der Waals surface area contributed by atoms with Crippen molar-refractivity contribution in [3.8, 4) is 0 Å². The van der Waals surface area contributed by atoms with Crippen LogP contribution < -0.4 is 0 Å². The van der Waals surface area contributed by atoms with E-state index in [0.717, 1.165) is 5.92 Å². The van der Waals surface area contributed by atoms with Crippen LogP contribution in [-0.4, -0.2) is 0 Å². The minimum atomic E-state index is 0.877. The highest BCUT2D eigenvalue weighted by Gasteiger charge is 2.03. The first-order chi connectivity index (χ1) is 15.8. The van der Waals surface area contributed by atoms with Crippen LogP contribution >= 0.6 is 0 Å². The van der Waals surface area contributed by atoms with E-state index in [2.05, 4.69) is 45.0 Å². The quantitative estimate of drug-likeness (QED) is 0.148. The number of rotatable bonds is 23. The molecule has 0 radical (unpaired) electrons. The predicted molar refractivity (Wildman–Crippen MR) is 147 cm³/mol. The topological polar surface area (TPSA) is 0 Å². The molecule has 0 aliphatic heterocycles. The average Bonchev–Trinajstić information content (AvgIpc) is 2.81. The Morgan fingerprint density at radius 2 is 0.812 bits per heavy atom. The second-order valence-electron chi connectivity index (χ2n) is 10.7. The van der Waals surface area contributed by atoms with Crippen molar-refractivity contribution in [3.63, 3.8) is 0 Å². The van der Waals surface area contributed by atoms with Crippen molar-refractivity contribution in [1.82, 2.24) is 0 Å². The molecule has 1 aromatic carbocycles. The maximum atomic E-state index is 2.44. The second-order valence-corrected chi connectivity index (χ2v) is 10.7. The minimum Gasteiger partial charge on any atom is -0.0654 e. The summed E-state index contributed by atoms with van der Waals surface area (Å²) in [4.78, 5) is 0. The normalized spacial score (nSPS) is 12.3. The molecule has 0 N–H and O–H groups in total. The Hall–Kier alpha value is -0.780. The smallest absolute Gasteiger partial charge is 0.0276 e. The summed E-state index contributed by atoms with van der Waals surface area (Å²) in [5.74, 6) is 0.877. The number of hydrogen-bond donors (Lipinski definition) is 0. The molecule has 0 amide bonds. The zero-order valence-electron chi connectivity index (χ0n) is 22.4. The first-order valence-corrected chi connectivity index (χ1v) is 14.8. The summed E-state index contributed by atoms with van der Waals surface area (Å²) in [6.45, 7) is 7.04. The lowest BCUT2D eigenvalue weighted by Gasteiger charge is -2.11. The molecular formula is C32H58. The molecule has 0 aromatic heterocycles. The van der Waals surface area contributed by atoms with Gasteiger partial charge in [0.2, 0.25) is 0 Å². The van der Waals surface area contributed by atoms with Crippen molar-refractivity contribution in [2.75, 3.05) is 0 Å². The summed E-state index contributed by atoms with van der Waals surface area (Å²) in [7, 11) is 0. The average molecular weight is 443 g/mol. The summed E-state index contributed by atoms with van der Waals surface area (Å²) < 4.78 is 0. The second kappa shape index (κ2) is 22.0. The van der Waals surface area contributed by atoms with Gasteiger partial charge in [-0.1, -0.05) is 161 Å². The summed E-state index contributed by atoms with van der Waals surface area (Å²) in [6, 6.07) is 9.57. The van der Waals surface area contributed by atoms with E-state index < -0.39 is 0 Å². The predicted octanol–water partition coefficient (Wildman–Crippen LogP) is 11.2. The Bertz CT molecular complexity index is 485. The van der Waals surface area contributed by atoms with E-state index in [1.807, 2.05) is 0 Å². The van der Waals surface area contributed by atoms with Gasteiger partial charge < -0.3 is 0 Å². The van der Waals surface area contributed by atoms with E-state index in [9.17, 15) is 0 Å². The van der Waals surface area contributed by atoms with Crippen LogP contribution in [0.25, 0.3) is 0 Å². The van der Waals surface area contributed by atoms with Crippen LogP contribution in [-0.2, 0) is 12.8 Å². The molecule has 0 saturated heterocycles. The van der Waals surface area contributed by atoms with Crippen LogP contribution in [0.4, 0.5) is 0 Å². The molecule has 0 heterocycles. The van der Waals surface area contributed by atoms with Gasteiger partial charge in [0.15, 0.2) is 0 Å². The SMILES string of the molecule is CCCCCCCCCCCCCCCCc1ccc(CCC(C)CCCCCC)cc1. The Labute approximate surface area is 203 Å². The first-order valence-electron chi connectivity index (χ1n) is 14.8. The van der Waals surface area contributed by atoms with Gasteiger partial charge in [0, 0.05) is 0 Å². The molecule has 0 fully saturated rings. The van der Waals surface area contributed by atoms with E-state index in [0.29, 0.717) is 0 Å². The monoisotopic (exact) mass is 442 g/mol. The Morgan fingerprint density at radius 1 is 0.438 bits per heavy atom. The molecule has 1 unspecified atom stereocenters. The summed E-state index contributed by atoms with van der Waals surface area (Å²) in [6.07, 6.45) is 31.1. The van der Waals surface area contributed by atoms with Gasteiger partial charge in [-0.25, -0.2) is 0 Å². The molecule has 0 nitrogen and oxygen atoms in total. The fourth-order valence-electron chi connectivity index (χ4n) is 4.87. The van der Waals surface area contributed by atoms with E-state index in [4.69, 9.17) is 0 Å². The molecule has 0 bridgehead atoms. The summed E-state index contributed by atoms with van der Waals surface area (Å²) in [5.41, 5.74) is 3.08. The molecule has 186 valence electrons. The van der Waals surface area contributed by atoms with Gasteiger partial charge in [-0.2, -0.15) is 0 Å². The fourth-order valence-corrected chi connectivity index (χ4v) is 4.87. The van der Waals surface area contributed by atoms with Crippen molar-refractivity contribution in [1.29, 1.82) is 0 Å². The zero-order valence-corrected chi connectivity index (χ0v) is 22.4. The largest absolute Gasteiger partial charge is 0.0654 e. The number of hydrogen-bond acceptors (Lipinski definition) is 0. The van der Waals surface area contributed by atoms with Crippen molar-refractivity contribution in [2.24, 2.45) is 5.92 Å². The number of benzene rings is 1. The lowest BCUT2D eigenvalue weighted by Crippen LogP contribution is -1.98. The van der Waals surface area contributed by atoms with Crippen LogP contribution in [0, 0.1) is 5.92 Å². The third-order valence-corrected chi connectivity index (χ3v) is 7.32. The van der Waals surface area contributed by atoms with Gasteiger partial charge >= 0.3 is 0 Å². The van der Waals surface area contributed by atoms with Gasteiger partial charge in [0.05, 0.1) is 0 Å². The Morgan fingerprint density at radius 3 is 1.28 bits per heavy atom. The summed E-state index contributed by atoms with van der Waals surface area (Å²) in [5, 5.41) is 0. The molecule has 0 heteroatoms. The van der Waals surface area contributed by atoms with Gasteiger partial charge in [-0.05, 0) is 42.7 Å². The first kappa shape index (κ1) is 29.3. The van der Waals surface area contributed by atoms with Gasteiger partial charge in [0.25, 0.3) is 0 Å². The van der Waals surface area contributed by atoms with E-state index in [-0.39, 0.29) is 0 Å². The van der Waals surface area contributed by atoms with Gasteiger partial charge in [0.1, 0.15) is 0 Å². The maximum Gasteiger partial charge on any atom is -0.0276 e. The molecule has 0 aliphatic carbocycles. The highest BCUT2D eigenvalue weighted by Crippen LogP contribution is 2.18. The van der Waals surface area contributed by atoms with E-state index in [1.165, 1.54) is 147 Å². The van der Waals surface area contributed by atoms with Gasteiger partial charge in [-0.3, -0.25) is 0 Å². The van der Waals surface area contributed by atoms with E-state index in [1.54, 1.807) is 5.56 Å². The summed E-state index contributed by atoms with van der Waals surface area (Å²) >= 11 is 0. The maximum absolute atomic E-state index is 2.44. The number of unbranched alkanes of at least 4 members (excludes halogenated alkanes) is 16. The lowest BCUT2D eigenvalue weighted by atomic mass is 9.95. The molecule has 0 aliphatic rings. The minimum absolute atomic E-state index is 0.877. The zero-order chi connectivity index (χ0) is 23.1. The van der Waals surface area contributed by atoms with Crippen molar-refractivity contribution in [3.05, 3.63) is 35.4 Å². The molecule has 0 saturated carbocycles. The van der Waals surface area contributed by atoms with Crippen LogP contribution in [0.1, 0.15) is 160 Å². The fraction of sp³-hybridized carbons (Fsp3) is 0.812. The van der Waals surface area contributed by atoms with Crippen molar-refractivity contribution < 1.29 is 0 Å². The van der Waals surface area contributed by atoms with Crippen LogP contribution in [0.2, 0.25) is 0 Å². The lowest BCUT2D eigenvalue weighted by molar-refractivity contribution is 0.460. The molecular weight excluding hydrogens is 384 g/mol. The molecule has 32 heavy (non-hydrogen) atoms. The third-order valence-electron chi connectivity index (χ3n) is 7.32. The highest BCUT2D eigenvalue weighted by atomic mass is 14.1.